The van der Waals surface area contributed by atoms with Gasteiger partial charge in [-0.1, -0.05) is 18.2 Å². The summed E-state index contributed by atoms with van der Waals surface area (Å²) in [6.45, 7) is 3.72. The molecule has 1 N–H and O–H groups in total. The summed E-state index contributed by atoms with van der Waals surface area (Å²) in [5.74, 6) is -0.713. The quantitative estimate of drug-likeness (QED) is 0.417. The van der Waals surface area contributed by atoms with Crippen molar-refractivity contribution in [2.75, 3.05) is 12.0 Å². The summed E-state index contributed by atoms with van der Waals surface area (Å²) in [5.41, 5.74) is 3.65. The van der Waals surface area contributed by atoms with Gasteiger partial charge in [-0.2, -0.15) is 0 Å². The SMILES string of the molecule is CCOc1ccc(CN2C(=O)c3ccccc3C2=O)cc1C(=O)Nn1c(C)nc2sccc2c1=O. The Morgan fingerprint density at radius 3 is 2.46 bits per heavy atom. The molecule has 0 fully saturated rings. The Hall–Kier alpha value is -4.31. The monoisotopic (exact) mass is 488 g/mol. The Bertz CT molecular complexity index is 1540. The Labute approximate surface area is 203 Å². The van der Waals surface area contributed by atoms with E-state index in [0.717, 1.165) is 9.58 Å². The maximum Gasteiger partial charge on any atom is 0.281 e. The molecule has 0 spiro atoms. The fourth-order valence-electron chi connectivity index (χ4n) is 4.01. The molecule has 1 aliphatic rings. The number of benzene rings is 2. The summed E-state index contributed by atoms with van der Waals surface area (Å²) in [4.78, 5) is 57.8. The number of amides is 3. The Kier molecular flexibility index (Phi) is 5.65. The molecule has 5 rings (SSSR count). The first-order chi connectivity index (χ1) is 16.9. The Morgan fingerprint density at radius 2 is 1.77 bits per heavy atom. The minimum Gasteiger partial charge on any atom is -0.493 e. The van der Waals surface area contributed by atoms with E-state index in [2.05, 4.69) is 10.4 Å². The number of carbonyl (C=O) groups is 3. The lowest BCUT2D eigenvalue weighted by Crippen LogP contribution is -2.35. The molecule has 4 aromatic rings. The number of aryl methyl sites for hydroxylation is 1. The van der Waals surface area contributed by atoms with Crippen molar-refractivity contribution in [3.8, 4) is 5.75 Å². The third-order valence-corrected chi connectivity index (χ3v) is 6.49. The molecular formula is C25H20N4O5S. The summed E-state index contributed by atoms with van der Waals surface area (Å²) in [6.07, 6.45) is 0. The largest absolute Gasteiger partial charge is 0.493 e. The number of nitrogens with one attached hydrogen (secondary N) is 1. The van der Waals surface area contributed by atoms with Crippen LogP contribution in [0.2, 0.25) is 0 Å². The van der Waals surface area contributed by atoms with Gasteiger partial charge in [-0.05, 0) is 55.1 Å². The van der Waals surface area contributed by atoms with Crippen molar-refractivity contribution >= 4 is 39.3 Å². The van der Waals surface area contributed by atoms with E-state index in [1.54, 1.807) is 67.8 Å². The lowest BCUT2D eigenvalue weighted by atomic mass is 10.1. The highest BCUT2D eigenvalue weighted by atomic mass is 32.1. The second-order valence-electron chi connectivity index (χ2n) is 7.89. The van der Waals surface area contributed by atoms with Crippen LogP contribution in [-0.4, -0.2) is 38.9 Å². The number of rotatable bonds is 6. The number of fused-ring (bicyclic) bond motifs is 2. The first-order valence-electron chi connectivity index (χ1n) is 10.9. The highest BCUT2D eigenvalue weighted by molar-refractivity contribution is 7.16. The van der Waals surface area contributed by atoms with Crippen molar-refractivity contribution in [2.24, 2.45) is 0 Å². The molecule has 176 valence electrons. The number of ether oxygens (including phenoxy) is 1. The second-order valence-corrected chi connectivity index (χ2v) is 8.78. The van der Waals surface area contributed by atoms with Crippen LogP contribution in [0.4, 0.5) is 0 Å². The first kappa shape index (κ1) is 22.5. The summed E-state index contributed by atoms with van der Waals surface area (Å²) < 4.78 is 6.72. The summed E-state index contributed by atoms with van der Waals surface area (Å²) in [5, 5.41) is 2.17. The minimum atomic E-state index is -0.584. The van der Waals surface area contributed by atoms with Crippen LogP contribution in [-0.2, 0) is 6.54 Å². The molecule has 0 unspecified atom stereocenters. The van der Waals surface area contributed by atoms with Crippen LogP contribution in [0, 0.1) is 6.92 Å². The van der Waals surface area contributed by atoms with E-state index < -0.39 is 5.91 Å². The standard InChI is InChI=1S/C25H20N4O5S/c1-3-34-20-9-8-15(13-28-23(31)16-6-4-5-7-17(16)24(28)32)12-19(20)21(30)27-29-14(2)26-22-18(25(29)33)10-11-35-22/h4-12H,3,13H2,1-2H3,(H,27,30). The van der Waals surface area contributed by atoms with E-state index in [-0.39, 0.29) is 29.5 Å². The van der Waals surface area contributed by atoms with E-state index in [4.69, 9.17) is 4.74 Å². The predicted octanol–water partition coefficient (Wildman–Crippen LogP) is 3.35. The van der Waals surface area contributed by atoms with Crippen LogP contribution in [0.25, 0.3) is 10.2 Å². The molecule has 0 saturated heterocycles. The van der Waals surface area contributed by atoms with E-state index in [9.17, 15) is 19.2 Å². The van der Waals surface area contributed by atoms with Crippen molar-refractivity contribution in [3.63, 3.8) is 0 Å². The zero-order valence-electron chi connectivity index (χ0n) is 18.9. The van der Waals surface area contributed by atoms with Gasteiger partial charge < -0.3 is 4.74 Å². The summed E-state index contributed by atoms with van der Waals surface area (Å²) in [6, 6.07) is 13.2. The second kappa shape index (κ2) is 8.80. The van der Waals surface area contributed by atoms with Crippen LogP contribution in [0.15, 0.2) is 58.7 Å². The van der Waals surface area contributed by atoms with Crippen LogP contribution >= 0.6 is 11.3 Å². The number of hydrogen-bond donors (Lipinski definition) is 1. The molecule has 3 amide bonds. The first-order valence-corrected chi connectivity index (χ1v) is 11.8. The van der Waals surface area contributed by atoms with Crippen molar-refractivity contribution in [1.29, 1.82) is 0 Å². The molecule has 0 bridgehead atoms. The predicted molar refractivity (Wildman–Crippen MR) is 131 cm³/mol. The van der Waals surface area contributed by atoms with Crippen LogP contribution < -0.4 is 15.7 Å². The average molecular weight is 489 g/mol. The Morgan fingerprint density at radius 1 is 1.06 bits per heavy atom. The van der Waals surface area contributed by atoms with Gasteiger partial charge in [0.1, 0.15) is 16.4 Å². The van der Waals surface area contributed by atoms with Crippen molar-refractivity contribution in [3.05, 3.63) is 92.3 Å². The molecule has 3 heterocycles. The number of hydrogen-bond acceptors (Lipinski definition) is 7. The minimum absolute atomic E-state index is 0.0135. The zero-order chi connectivity index (χ0) is 24.7. The molecule has 9 nitrogen and oxygen atoms in total. The lowest BCUT2D eigenvalue weighted by Gasteiger charge is -2.17. The molecule has 10 heteroatoms. The summed E-state index contributed by atoms with van der Waals surface area (Å²) >= 11 is 1.34. The number of imide groups is 1. The number of aromatic nitrogens is 2. The molecule has 0 radical (unpaired) electrons. The van der Waals surface area contributed by atoms with Gasteiger partial charge >= 0.3 is 0 Å². The van der Waals surface area contributed by atoms with Gasteiger partial charge in [-0.25, -0.2) is 9.66 Å². The Balaban J connectivity index is 1.46. The molecule has 0 saturated carbocycles. The van der Waals surface area contributed by atoms with Crippen molar-refractivity contribution in [1.82, 2.24) is 14.6 Å². The van der Waals surface area contributed by atoms with Gasteiger partial charge in [-0.3, -0.25) is 29.5 Å². The number of thiophene rings is 1. The highest BCUT2D eigenvalue weighted by Crippen LogP contribution is 2.27. The molecule has 2 aromatic carbocycles. The average Bonchev–Trinajstić information content (AvgIpc) is 3.42. The van der Waals surface area contributed by atoms with Gasteiger partial charge in [0.25, 0.3) is 23.3 Å². The number of nitrogens with zero attached hydrogens (tertiary/aromatic N) is 3. The molecule has 2 aromatic heterocycles. The van der Waals surface area contributed by atoms with Crippen molar-refractivity contribution < 1.29 is 19.1 Å². The fourth-order valence-corrected chi connectivity index (χ4v) is 4.81. The van der Waals surface area contributed by atoms with Gasteiger partial charge in [-0.15, -0.1) is 11.3 Å². The molecule has 35 heavy (non-hydrogen) atoms. The van der Waals surface area contributed by atoms with E-state index in [0.29, 0.717) is 45.1 Å². The molecule has 0 aliphatic carbocycles. The van der Waals surface area contributed by atoms with Crippen molar-refractivity contribution in [2.45, 2.75) is 20.4 Å². The maximum atomic E-state index is 13.3. The topological polar surface area (TPSA) is 111 Å². The third-order valence-electron chi connectivity index (χ3n) is 5.69. The van der Waals surface area contributed by atoms with Crippen LogP contribution in [0.1, 0.15) is 49.4 Å². The van der Waals surface area contributed by atoms with E-state index in [1.165, 1.54) is 11.3 Å². The van der Waals surface area contributed by atoms with Gasteiger partial charge in [0, 0.05) is 0 Å². The van der Waals surface area contributed by atoms with Crippen LogP contribution in [0.3, 0.4) is 0 Å². The summed E-state index contributed by atoms with van der Waals surface area (Å²) in [7, 11) is 0. The molecule has 1 aliphatic heterocycles. The maximum absolute atomic E-state index is 13.3. The zero-order valence-corrected chi connectivity index (χ0v) is 19.7. The third kappa shape index (κ3) is 3.87. The smallest absolute Gasteiger partial charge is 0.281 e. The van der Waals surface area contributed by atoms with E-state index in [1.807, 2.05) is 0 Å². The van der Waals surface area contributed by atoms with Crippen LogP contribution in [0.5, 0.6) is 5.75 Å². The molecule has 0 atom stereocenters. The van der Waals surface area contributed by atoms with Gasteiger partial charge in [0.2, 0.25) is 0 Å². The molecular weight excluding hydrogens is 468 g/mol. The normalized spacial score (nSPS) is 12.8. The lowest BCUT2D eigenvalue weighted by molar-refractivity contribution is 0.0642. The van der Waals surface area contributed by atoms with Gasteiger partial charge in [0.15, 0.2) is 0 Å². The fraction of sp³-hybridized carbons (Fsp3) is 0.160. The van der Waals surface area contributed by atoms with Gasteiger partial charge in [0.05, 0.1) is 35.2 Å². The van der Waals surface area contributed by atoms with E-state index >= 15 is 0 Å². The highest BCUT2D eigenvalue weighted by Gasteiger charge is 2.35. The number of carbonyl (C=O) groups excluding carboxylic acids is 3.